The van der Waals surface area contributed by atoms with Gasteiger partial charge in [-0.15, -0.1) is 11.3 Å². The predicted molar refractivity (Wildman–Crippen MR) is 95.6 cm³/mol. The van der Waals surface area contributed by atoms with Gasteiger partial charge in [0, 0.05) is 18.5 Å². The molecule has 1 fully saturated rings. The molecule has 0 bridgehead atoms. The molecule has 0 unspecified atom stereocenters. The van der Waals surface area contributed by atoms with E-state index in [2.05, 4.69) is 56.4 Å². The van der Waals surface area contributed by atoms with Crippen LogP contribution in [0.25, 0.3) is 10.2 Å². The Hall–Kier alpha value is -0.970. The van der Waals surface area contributed by atoms with Crippen LogP contribution in [0.4, 0.5) is 0 Å². The van der Waals surface area contributed by atoms with Crippen molar-refractivity contribution in [3.05, 3.63) is 28.8 Å². The van der Waals surface area contributed by atoms with Crippen molar-refractivity contribution in [1.29, 1.82) is 0 Å². The minimum atomic E-state index is 0.506. The number of hydrogen-bond donors (Lipinski definition) is 1. The molecule has 0 aliphatic carbocycles. The number of benzene rings is 1. The van der Waals surface area contributed by atoms with Crippen molar-refractivity contribution in [2.45, 2.75) is 45.2 Å². The first-order valence-corrected chi connectivity index (χ1v) is 9.13. The van der Waals surface area contributed by atoms with Crippen LogP contribution < -0.4 is 5.32 Å². The number of likely N-dealkylation sites (N-methyl/N-ethyl adjacent to an activating group) is 1. The molecular weight excluding hydrogens is 290 g/mol. The molecule has 3 atom stereocenters. The summed E-state index contributed by atoms with van der Waals surface area (Å²) in [5, 5.41) is 4.92. The molecular formula is C18H27N3S. The van der Waals surface area contributed by atoms with E-state index in [1.165, 1.54) is 33.6 Å². The molecule has 3 nitrogen and oxygen atoms in total. The summed E-state index contributed by atoms with van der Waals surface area (Å²) in [4.78, 5) is 7.12. The summed E-state index contributed by atoms with van der Waals surface area (Å²) < 4.78 is 1.31. The molecule has 1 saturated heterocycles. The molecule has 3 rings (SSSR count). The molecule has 2 aromatic rings. The summed E-state index contributed by atoms with van der Waals surface area (Å²) in [6.45, 7) is 5.71. The van der Waals surface area contributed by atoms with Crippen LogP contribution in [0.2, 0.25) is 0 Å². The normalized spacial score (nSPS) is 24.0. The minimum absolute atomic E-state index is 0.506. The predicted octanol–water partition coefficient (Wildman–Crippen LogP) is 3.85. The molecule has 0 spiro atoms. The van der Waals surface area contributed by atoms with E-state index in [1.54, 1.807) is 0 Å². The Labute approximate surface area is 137 Å². The number of aromatic nitrogens is 1. The van der Waals surface area contributed by atoms with Gasteiger partial charge in [-0.3, -0.25) is 0 Å². The van der Waals surface area contributed by atoms with Crippen LogP contribution in [0.3, 0.4) is 0 Å². The summed E-state index contributed by atoms with van der Waals surface area (Å²) in [5.74, 6) is 0.804. The molecule has 0 saturated carbocycles. The fraction of sp³-hybridized carbons (Fsp3) is 0.611. The van der Waals surface area contributed by atoms with E-state index in [4.69, 9.17) is 4.98 Å². The first kappa shape index (κ1) is 15.9. The molecule has 0 radical (unpaired) electrons. The van der Waals surface area contributed by atoms with Gasteiger partial charge in [-0.1, -0.05) is 13.0 Å². The lowest BCUT2D eigenvalue weighted by molar-refractivity contribution is 0.312. The number of fused-ring (bicyclic) bond motifs is 1. The molecule has 1 aromatic carbocycles. The third kappa shape index (κ3) is 3.50. The van der Waals surface area contributed by atoms with Gasteiger partial charge < -0.3 is 10.2 Å². The van der Waals surface area contributed by atoms with Gasteiger partial charge in [0.15, 0.2) is 0 Å². The Bertz CT molecular complexity index is 626. The van der Waals surface area contributed by atoms with E-state index in [1.807, 2.05) is 11.3 Å². The van der Waals surface area contributed by atoms with Gasteiger partial charge in [0.25, 0.3) is 0 Å². The summed E-state index contributed by atoms with van der Waals surface area (Å²) in [5.41, 5.74) is 2.57. The average molecular weight is 318 g/mol. The lowest BCUT2D eigenvalue weighted by Gasteiger charge is -2.28. The van der Waals surface area contributed by atoms with Crippen LogP contribution in [0.5, 0.6) is 0 Å². The van der Waals surface area contributed by atoms with Gasteiger partial charge in [-0.05, 0) is 64.0 Å². The number of nitrogens with zero attached hydrogens (tertiary/aromatic N) is 2. The van der Waals surface area contributed by atoms with Crippen LogP contribution in [0.15, 0.2) is 18.2 Å². The largest absolute Gasteiger partial charge is 0.310 e. The third-order valence-corrected chi connectivity index (χ3v) is 5.93. The van der Waals surface area contributed by atoms with E-state index in [9.17, 15) is 0 Å². The number of rotatable bonds is 4. The highest BCUT2D eigenvalue weighted by atomic mass is 32.1. The summed E-state index contributed by atoms with van der Waals surface area (Å²) >= 11 is 1.84. The quantitative estimate of drug-likeness (QED) is 0.928. The summed E-state index contributed by atoms with van der Waals surface area (Å²) in [7, 11) is 4.26. The molecule has 22 heavy (non-hydrogen) atoms. The van der Waals surface area contributed by atoms with Gasteiger partial charge in [0.05, 0.1) is 15.2 Å². The Balaban J connectivity index is 1.78. The molecule has 120 valence electrons. The lowest BCUT2D eigenvalue weighted by Crippen LogP contribution is -2.31. The van der Waals surface area contributed by atoms with Crippen molar-refractivity contribution in [3.63, 3.8) is 0 Å². The maximum atomic E-state index is 4.87. The monoisotopic (exact) mass is 317 g/mol. The smallest absolute Gasteiger partial charge is 0.0954 e. The highest BCUT2D eigenvalue weighted by Crippen LogP contribution is 2.30. The maximum absolute atomic E-state index is 4.87. The van der Waals surface area contributed by atoms with Gasteiger partial charge in [0.1, 0.15) is 0 Å². The Morgan fingerprint density at radius 1 is 1.36 bits per heavy atom. The number of nitrogens with one attached hydrogen (secondary N) is 1. The third-order valence-electron chi connectivity index (χ3n) is 4.87. The first-order chi connectivity index (χ1) is 10.5. The highest BCUT2D eigenvalue weighted by Gasteiger charge is 2.19. The second kappa shape index (κ2) is 6.65. The molecule has 0 amide bonds. The number of piperidine rings is 1. The van der Waals surface area contributed by atoms with Crippen molar-refractivity contribution in [1.82, 2.24) is 15.2 Å². The van der Waals surface area contributed by atoms with E-state index in [0.29, 0.717) is 12.1 Å². The number of hydrogen-bond acceptors (Lipinski definition) is 4. The van der Waals surface area contributed by atoms with Crippen LogP contribution in [-0.4, -0.2) is 36.6 Å². The maximum Gasteiger partial charge on any atom is 0.0954 e. The van der Waals surface area contributed by atoms with Crippen molar-refractivity contribution in [2.75, 3.05) is 20.6 Å². The van der Waals surface area contributed by atoms with Crippen LogP contribution in [-0.2, 0) is 6.42 Å². The van der Waals surface area contributed by atoms with E-state index < -0.39 is 0 Å². The molecule has 2 heterocycles. The first-order valence-electron chi connectivity index (χ1n) is 8.32. The van der Waals surface area contributed by atoms with Gasteiger partial charge in [0.2, 0.25) is 0 Å². The Kier molecular flexibility index (Phi) is 4.81. The standard InChI is InChI=1S/C18H27N3S/c1-12-5-7-15(19-11-12)14-6-8-17-16(10-14)20-18(22-17)9-13(2)21(3)4/h6,8,10,12-13,15,19H,5,7,9,11H2,1-4H3/t12-,13+,15+/m0/s1. The second-order valence-corrected chi connectivity index (χ2v) is 8.11. The van der Waals surface area contributed by atoms with E-state index >= 15 is 0 Å². The Morgan fingerprint density at radius 3 is 2.86 bits per heavy atom. The van der Waals surface area contributed by atoms with Crippen molar-refractivity contribution in [2.24, 2.45) is 5.92 Å². The zero-order valence-corrected chi connectivity index (χ0v) is 14.9. The average Bonchev–Trinajstić information content (AvgIpc) is 2.89. The molecule has 1 aliphatic heterocycles. The topological polar surface area (TPSA) is 28.2 Å². The van der Waals surface area contributed by atoms with Crippen LogP contribution in [0.1, 0.15) is 43.3 Å². The van der Waals surface area contributed by atoms with Gasteiger partial charge >= 0.3 is 0 Å². The van der Waals surface area contributed by atoms with Crippen molar-refractivity contribution < 1.29 is 0 Å². The minimum Gasteiger partial charge on any atom is -0.310 e. The van der Waals surface area contributed by atoms with Crippen molar-refractivity contribution in [3.8, 4) is 0 Å². The Morgan fingerprint density at radius 2 is 2.18 bits per heavy atom. The molecule has 1 aliphatic rings. The summed E-state index contributed by atoms with van der Waals surface area (Å²) in [6.07, 6.45) is 3.58. The SMILES string of the molecule is C[C@H]1CC[C@H](c2ccc3sc(C[C@@H](C)N(C)C)nc3c2)NC1. The molecule has 4 heteroatoms. The zero-order valence-electron chi connectivity index (χ0n) is 14.1. The second-order valence-electron chi connectivity index (χ2n) is 6.99. The van der Waals surface area contributed by atoms with Crippen molar-refractivity contribution >= 4 is 21.6 Å². The number of thiazole rings is 1. The van der Waals surface area contributed by atoms with E-state index in [0.717, 1.165) is 18.9 Å². The van der Waals surface area contributed by atoms with Gasteiger partial charge in [-0.25, -0.2) is 4.98 Å². The highest BCUT2D eigenvalue weighted by molar-refractivity contribution is 7.18. The van der Waals surface area contributed by atoms with Gasteiger partial charge in [-0.2, -0.15) is 0 Å². The zero-order chi connectivity index (χ0) is 15.7. The summed E-state index contributed by atoms with van der Waals surface area (Å²) in [6, 6.07) is 7.87. The van der Waals surface area contributed by atoms with Crippen LogP contribution in [0, 0.1) is 5.92 Å². The van der Waals surface area contributed by atoms with Crippen LogP contribution >= 0.6 is 11.3 Å². The molecule has 1 N–H and O–H groups in total. The fourth-order valence-electron chi connectivity index (χ4n) is 3.01. The molecule has 1 aromatic heterocycles. The lowest BCUT2D eigenvalue weighted by atomic mass is 9.92. The van der Waals surface area contributed by atoms with E-state index in [-0.39, 0.29) is 0 Å². The fourth-order valence-corrected chi connectivity index (χ4v) is 4.08.